The number of hydrogen-bond donors (Lipinski definition) is 1. The summed E-state index contributed by atoms with van der Waals surface area (Å²) in [5.74, 6) is -2.96. The third kappa shape index (κ3) is 4.25. The van der Waals surface area contributed by atoms with Gasteiger partial charge in [-0.25, -0.2) is 4.90 Å². The molecule has 0 radical (unpaired) electrons. The zero-order chi connectivity index (χ0) is 27.6. The highest BCUT2D eigenvalue weighted by atomic mass is 32.2. The predicted octanol–water partition coefficient (Wildman–Crippen LogP) is 4.82. The molecule has 0 saturated carbocycles. The minimum Gasteiger partial charge on any atom is -0.325 e. The summed E-state index contributed by atoms with van der Waals surface area (Å²) in [6, 6.07) is 11.6. The average Bonchev–Trinajstić information content (AvgIpc) is 3.27. The first-order chi connectivity index (χ1) is 17.8. The standard InChI is InChI=1S/C26H22F3N3O4S2/c1-13-7-6-8-14(11-13)30-17(33)12-31-23-20(38-24(31)36)25(2,3)18-19(37-23)22(35)32(21(18)34)16-10-5-4-9-15(16)26(27,28)29/h4-11,18-19H,12H2,1-3H3,(H,30,33). The number of aryl methyl sites for hydroxylation is 1. The number of thiazole rings is 1. The molecule has 2 aromatic carbocycles. The SMILES string of the molecule is Cc1cccc(NC(=O)Cn2c3c(sc2=O)C(C)(C)C2C(=O)N(c4ccccc4C(F)(F)F)C(=O)C2S3)c1. The molecule has 0 bridgehead atoms. The normalized spacial score (nSPS) is 20.3. The number of thioether (sulfide) groups is 1. The van der Waals surface area contributed by atoms with E-state index in [-0.39, 0.29) is 6.54 Å². The van der Waals surface area contributed by atoms with E-state index in [1.165, 1.54) is 16.7 Å². The minimum atomic E-state index is -4.77. The van der Waals surface area contributed by atoms with Crippen molar-refractivity contribution < 1.29 is 27.6 Å². The van der Waals surface area contributed by atoms with Gasteiger partial charge in [-0.1, -0.05) is 61.2 Å². The maximum Gasteiger partial charge on any atom is 0.418 e. The molecule has 1 saturated heterocycles. The first kappa shape index (κ1) is 26.2. The first-order valence-corrected chi connectivity index (χ1v) is 13.3. The lowest BCUT2D eigenvalue weighted by Crippen LogP contribution is -2.42. The smallest absolute Gasteiger partial charge is 0.325 e. The summed E-state index contributed by atoms with van der Waals surface area (Å²) in [4.78, 5) is 53.5. The number of alkyl halides is 3. The van der Waals surface area contributed by atoms with Crippen LogP contribution in [0.2, 0.25) is 0 Å². The summed E-state index contributed by atoms with van der Waals surface area (Å²) < 4.78 is 42.4. The van der Waals surface area contributed by atoms with Gasteiger partial charge in [0.1, 0.15) is 11.8 Å². The number of para-hydroxylation sites is 1. The zero-order valence-corrected chi connectivity index (χ0v) is 22.1. The second kappa shape index (κ2) is 9.12. The van der Waals surface area contributed by atoms with Crippen LogP contribution in [-0.4, -0.2) is 27.5 Å². The average molecular weight is 562 g/mol. The molecule has 1 aromatic heterocycles. The Labute approximate surface area is 223 Å². The number of aromatic nitrogens is 1. The van der Waals surface area contributed by atoms with Crippen LogP contribution < -0.4 is 15.1 Å². The molecule has 3 amide bonds. The van der Waals surface area contributed by atoms with Gasteiger partial charge in [-0.3, -0.25) is 23.7 Å². The molecule has 1 N–H and O–H groups in total. The Bertz CT molecular complexity index is 1540. The van der Waals surface area contributed by atoms with Crippen molar-refractivity contribution in [1.29, 1.82) is 0 Å². The third-order valence-electron chi connectivity index (χ3n) is 6.76. The lowest BCUT2D eigenvalue weighted by atomic mass is 9.76. The summed E-state index contributed by atoms with van der Waals surface area (Å²) in [6.45, 7) is 4.95. The number of amides is 3. The van der Waals surface area contributed by atoms with Gasteiger partial charge in [0.25, 0.3) is 0 Å². The Kier molecular flexibility index (Phi) is 6.30. The number of fused-ring (bicyclic) bond motifs is 2. The first-order valence-electron chi connectivity index (χ1n) is 11.6. The fourth-order valence-electron chi connectivity index (χ4n) is 4.98. The quantitative estimate of drug-likeness (QED) is 0.462. The zero-order valence-electron chi connectivity index (χ0n) is 20.5. The molecule has 1 fully saturated rings. The van der Waals surface area contributed by atoms with E-state index in [1.54, 1.807) is 32.0 Å². The number of benzene rings is 2. The minimum absolute atomic E-state index is 0.318. The Morgan fingerprint density at radius 3 is 2.45 bits per heavy atom. The van der Waals surface area contributed by atoms with Crippen LogP contribution in [0.4, 0.5) is 24.5 Å². The number of nitrogens with one attached hydrogen (secondary N) is 1. The molecule has 2 aliphatic heterocycles. The molecule has 7 nitrogen and oxygen atoms in total. The summed E-state index contributed by atoms with van der Waals surface area (Å²) >= 11 is 1.83. The highest BCUT2D eigenvalue weighted by molar-refractivity contribution is 8.00. The van der Waals surface area contributed by atoms with Crippen molar-refractivity contribution in [2.75, 3.05) is 10.2 Å². The maximum atomic E-state index is 13.7. The number of imide groups is 1. The number of anilines is 2. The molecule has 2 atom stereocenters. The summed E-state index contributed by atoms with van der Waals surface area (Å²) in [6.07, 6.45) is -4.77. The van der Waals surface area contributed by atoms with Crippen LogP contribution in [-0.2, 0) is 32.5 Å². The van der Waals surface area contributed by atoms with Gasteiger partial charge in [-0.15, -0.1) is 0 Å². The highest BCUT2D eigenvalue weighted by Gasteiger charge is 2.60. The van der Waals surface area contributed by atoms with E-state index in [0.717, 1.165) is 40.8 Å². The van der Waals surface area contributed by atoms with E-state index < -0.39 is 56.6 Å². The molecular weight excluding hydrogens is 539 g/mol. The van der Waals surface area contributed by atoms with Gasteiger partial charge in [0.15, 0.2) is 0 Å². The lowest BCUT2D eigenvalue weighted by molar-refractivity contribution is -0.137. The summed E-state index contributed by atoms with van der Waals surface area (Å²) in [5.41, 5.74) is -1.13. The number of carbonyl (C=O) groups is 3. The fraction of sp³-hybridized carbons (Fsp3) is 0.308. The van der Waals surface area contributed by atoms with Gasteiger partial charge in [0, 0.05) is 16.0 Å². The Balaban J connectivity index is 1.50. The number of hydrogen-bond acceptors (Lipinski definition) is 6. The van der Waals surface area contributed by atoms with Crippen LogP contribution in [0.3, 0.4) is 0 Å². The molecule has 0 spiro atoms. The molecule has 198 valence electrons. The molecule has 3 aromatic rings. The molecule has 0 aliphatic carbocycles. The Morgan fingerprint density at radius 1 is 1.05 bits per heavy atom. The maximum absolute atomic E-state index is 13.7. The van der Waals surface area contributed by atoms with E-state index in [2.05, 4.69) is 5.32 Å². The van der Waals surface area contributed by atoms with Crippen LogP contribution >= 0.6 is 23.1 Å². The largest absolute Gasteiger partial charge is 0.418 e. The molecule has 12 heteroatoms. The van der Waals surface area contributed by atoms with Crippen molar-refractivity contribution in [3.05, 3.63) is 74.2 Å². The lowest BCUT2D eigenvalue weighted by Gasteiger charge is -2.36. The van der Waals surface area contributed by atoms with Crippen molar-refractivity contribution in [3.63, 3.8) is 0 Å². The second-order valence-electron chi connectivity index (χ2n) is 9.77. The van der Waals surface area contributed by atoms with E-state index >= 15 is 0 Å². The molecule has 2 unspecified atom stereocenters. The van der Waals surface area contributed by atoms with Crippen LogP contribution in [0.5, 0.6) is 0 Å². The third-order valence-corrected chi connectivity index (χ3v) is 9.58. The molecule has 5 rings (SSSR count). The number of rotatable bonds is 4. The Hall–Kier alpha value is -3.38. The molecule has 2 aliphatic rings. The van der Waals surface area contributed by atoms with Crippen LogP contribution in [0.15, 0.2) is 58.4 Å². The van der Waals surface area contributed by atoms with Crippen LogP contribution in [0.25, 0.3) is 0 Å². The van der Waals surface area contributed by atoms with Crippen LogP contribution in [0, 0.1) is 12.8 Å². The van der Waals surface area contributed by atoms with Crippen molar-refractivity contribution in [3.8, 4) is 0 Å². The van der Waals surface area contributed by atoms with E-state index in [1.807, 2.05) is 13.0 Å². The van der Waals surface area contributed by atoms with E-state index in [0.29, 0.717) is 20.5 Å². The van der Waals surface area contributed by atoms with Crippen molar-refractivity contribution >= 4 is 52.2 Å². The number of carbonyl (C=O) groups excluding carboxylic acids is 3. The molecule has 3 heterocycles. The van der Waals surface area contributed by atoms with E-state index in [4.69, 9.17) is 0 Å². The van der Waals surface area contributed by atoms with Crippen molar-refractivity contribution in [2.45, 2.75) is 49.2 Å². The Morgan fingerprint density at radius 2 is 1.76 bits per heavy atom. The summed E-state index contributed by atoms with van der Waals surface area (Å²) in [5, 5.41) is 2.07. The van der Waals surface area contributed by atoms with Crippen LogP contribution in [0.1, 0.15) is 29.9 Å². The van der Waals surface area contributed by atoms with Crippen molar-refractivity contribution in [1.82, 2.24) is 4.57 Å². The monoisotopic (exact) mass is 561 g/mol. The second-order valence-corrected chi connectivity index (χ2v) is 11.9. The summed E-state index contributed by atoms with van der Waals surface area (Å²) in [7, 11) is 0. The van der Waals surface area contributed by atoms with Gasteiger partial charge >= 0.3 is 11.0 Å². The van der Waals surface area contributed by atoms with Gasteiger partial charge in [-0.2, -0.15) is 13.2 Å². The van der Waals surface area contributed by atoms with Gasteiger partial charge in [0.05, 0.1) is 22.2 Å². The van der Waals surface area contributed by atoms with Gasteiger partial charge < -0.3 is 5.32 Å². The van der Waals surface area contributed by atoms with Gasteiger partial charge in [0.2, 0.25) is 17.7 Å². The van der Waals surface area contributed by atoms with E-state index in [9.17, 15) is 32.3 Å². The molecule has 38 heavy (non-hydrogen) atoms. The van der Waals surface area contributed by atoms with Gasteiger partial charge in [-0.05, 0) is 36.8 Å². The number of nitrogens with zero attached hydrogens (tertiary/aromatic N) is 2. The predicted molar refractivity (Wildman–Crippen MR) is 138 cm³/mol. The topological polar surface area (TPSA) is 88.5 Å². The van der Waals surface area contributed by atoms with Crippen molar-refractivity contribution in [2.24, 2.45) is 5.92 Å². The molecular formula is C26H22F3N3O4S2. The fourth-order valence-corrected chi connectivity index (χ4v) is 8.02. The number of halogens is 3. The highest BCUT2D eigenvalue weighted by Crippen LogP contribution is 2.55.